The van der Waals surface area contributed by atoms with Gasteiger partial charge in [-0.05, 0) is 32.4 Å². The third-order valence-electron chi connectivity index (χ3n) is 2.49. The molecular weight excluding hydrogens is 246 g/mol. The summed E-state index contributed by atoms with van der Waals surface area (Å²) in [7, 11) is 0. The average Bonchev–Trinajstić information content (AvgIpc) is 2.64. The number of nitrogens with two attached hydrogens (primary N) is 1. The van der Waals surface area contributed by atoms with Crippen molar-refractivity contribution in [1.29, 1.82) is 0 Å². The van der Waals surface area contributed by atoms with Crippen LogP contribution in [0, 0.1) is 0 Å². The minimum absolute atomic E-state index is 0.0880. The molecule has 0 amide bonds. The van der Waals surface area contributed by atoms with Crippen molar-refractivity contribution in [3.05, 3.63) is 29.6 Å². The van der Waals surface area contributed by atoms with E-state index in [2.05, 4.69) is 4.98 Å². The molecule has 0 unspecified atom stereocenters. The van der Waals surface area contributed by atoms with Crippen molar-refractivity contribution in [2.24, 2.45) is 0 Å². The summed E-state index contributed by atoms with van der Waals surface area (Å²) >= 11 is 0. The molecular formula is C13H17N3O3. The van der Waals surface area contributed by atoms with E-state index in [0.717, 1.165) is 0 Å². The zero-order valence-electron chi connectivity index (χ0n) is 11.2. The molecule has 0 radical (unpaired) electrons. The number of imidazole rings is 1. The predicted octanol–water partition coefficient (Wildman–Crippen LogP) is 1.36. The number of fused-ring (bicyclic) bond motifs is 1. The highest BCUT2D eigenvalue weighted by atomic mass is 16.6. The van der Waals surface area contributed by atoms with E-state index in [9.17, 15) is 4.79 Å². The van der Waals surface area contributed by atoms with Gasteiger partial charge in [0, 0.05) is 6.20 Å². The topological polar surface area (TPSA) is 89.8 Å². The molecule has 2 heterocycles. The fourth-order valence-electron chi connectivity index (χ4n) is 1.68. The lowest BCUT2D eigenvalue weighted by Gasteiger charge is -2.18. The van der Waals surface area contributed by atoms with Gasteiger partial charge in [-0.15, -0.1) is 0 Å². The highest BCUT2D eigenvalue weighted by Gasteiger charge is 2.23. The fraction of sp³-hybridized carbons (Fsp3) is 0.385. The minimum atomic E-state index is -0.602. The summed E-state index contributed by atoms with van der Waals surface area (Å²) in [5, 5.41) is 9.09. The number of rotatable bonds is 2. The molecule has 102 valence electrons. The van der Waals surface area contributed by atoms with Gasteiger partial charge in [-0.3, -0.25) is 4.40 Å². The lowest BCUT2D eigenvalue weighted by atomic mass is 10.2. The van der Waals surface area contributed by atoms with Crippen LogP contribution < -0.4 is 5.73 Å². The molecule has 0 fully saturated rings. The number of nitrogen functional groups attached to an aromatic ring is 1. The van der Waals surface area contributed by atoms with E-state index in [-0.39, 0.29) is 18.1 Å². The van der Waals surface area contributed by atoms with Crippen LogP contribution in [0.15, 0.2) is 18.3 Å². The molecule has 0 aliphatic carbocycles. The highest BCUT2D eigenvalue weighted by Crippen LogP contribution is 2.19. The van der Waals surface area contributed by atoms with Gasteiger partial charge in [-0.2, -0.15) is 0 Å². The molecule has 0 atom stereocenters. The first-order valence-electron chi connectivity index (χ1n) is 5.92. The Morgan fingerprint density at radius 3 is 2.74 bits per heavy atom. The summed E-state index contributed by atoms with van der Waals surface area (Å²) in [5.41, 5.74) is 6.61. The van der Waals surface area contributed by atoms with Crippen molar-refractivity contribution in [3.8, 4) is 0 Å². The van der Waals surface area contributed by atoms with Crippen LogP contribution in [0.1, 0.15) is 36.8 Å². The van der Waals surface area contributed by atoms with Gasteiger partial charge in [0.1, 0.15) is 17.1 Å². The van der Waals surface area contributed by atoms with E-state index in [1.807, 2.05) is 0 Å². The van der Waals surface area contributed by atoms with Crippen molar-refractivity contribution in [1.82, 2.24) is 9.38 Å². The first-order chi connectivity index (χ1) is 8.81. The summed E-state index contributed by atoms with van der Waals surface area (Å²) < 4.78 is 6.81. The maximum atomic E-state index is 12.0. The van der Waals surface area contributed by atoms with E-state index in [4.69, 9.17) is 15.6 Å². The first kappa shape index (κ1) is 13.4. The summed E-state index contributed by atoms with van der Waals surface area (Å²) in [5.74, 6) is -0.348. The van der Waals surface area contributed by atoms with Crippen LogP contribution in [0.3, 0.4) is 0 Å². The maximum Gasteiger partial charge on any atom is 0.361 e. The lowest BCUT2D eigenvalue weighted by molar-refractivity contribution is 0.00650. The number of aromatic nitrogens is 2. The number of aliphatic hydroxyl groups excluding tert-OH is 1. The van der Waals surface area contributed by atoms with Crippen molar-refractivity contribution < 1.29 is 14.6 Å². The molecule has 0 aromatic carbocycles. The zero-order chi connectivity index (χ0) is 14.2. The fourth-order valence-corrected chi connectivity index (χ4v) is 1.68. The van der Waals surface area contributed by atoms with Gasteiger partial charge in [0.25, 0.3) is 0 Å². The van der Waals surface area contributed by atoms with Gasteiger partial charge in [0.05, 0.1) is 6.61 Å². The third-order valence-corrected chi connectivity index (χ3v) is 2.49. The Morgan fingerprint density at radius 2 is 2.16 bits per heavy atom. The molecule has 0 bridgehead atoms. The number of carbonyl (C=O) groups excluding carboxylic acids is 1. The summed E-state index contributed by atoms with van der Waals surface area (Å²) in [6.45, 7) is 5.23. The van der Waals surface area contributed by atoms with Gasteiger partial charge < -0.3 is 15.6 Å². The smallest absolute Gasteiger partial charge is 0.361 e. The summed E-state index contributed by atoms with van der Waals surface area (Å²) in [6.07, 6.45) is 1.64. The molecule has 2 aromatic rings. The molecule has 0 saturated carbocycles. The summed E-state index contributed by atoms with van der Waals surface area (Å²) in [4.78, 5) is 16.1. The molecule has 2 rings (SSSR count). The lowest BCUT2D eigenvalue weighted by Crippen LogP contribution is -2.24. The number of esters is 1. The van der Waals surface area contributed by atoms with Crippen LogP contribution in [0.25, 0.3) is 5.65 Å². The Kier molecular flexibility index (Phi) is 3.20. The van der Waals surface area contributed by atoms with Crippen molar-refractivity contribution in [3.63, 3.8) is 0 Å². The zero-order valence-corrected chi connectivity index (χ0v) is 11.2. The van der Waals surface area contributed by atoms with Gasteiger partial charge in [0.2, 0.25) is 0 Å². The molecule has 6 nitrogen and oxygen atoms in total. The third kappa shape index (κ3) is 2.68. The number of aliphatic hydroxyl groups is 1. The van der Waals surface area contributed by atoms with Crippen LogP contribution in [0.5, 0.6) is 0 Å². The number of anilines is 1. The number of hydrogen-bond acceptors (Lipinski definition) is 5. The Morgan fingerprint density at radius 1 is 1.47 bits per heavy atom. The predicted molar refractivity (Wildman–Crippen MR) is 70.7 cm³/mol. The molecule has 0 spiro atoms. The first-order valence-corrected chi connectivity index (χ1v) is 5.92. The molecule has 3 N–H and O–H groups in total. The Balaban J connectivity index is 2.45. The molecule has 19 heavy (non-hydrogen) atoms. The normalized spacial score (nSPS) is 11.8. The number of hydrogen-bond donors (Lipinski definition) is 2. The molecule has 6 heteroatoms. The van der Waals surface area contributed by atoms with E-state index >= 15 is 0 Å². The van der Waals surface area contributed by atoms with Gasteiger partial charge >= 0.3 is 5.97 Å². The quantitative estimate of drug-likeness (QED) is 0.798. The van der Waals surface area contributed by atoms with Crippen LogP contribution in [-0.4, -0.2) is 26.1 Å². The Bertz CT molecular complexity index is 626. The number of carbonyl (C=O) groups is 1. The second-order valence-electron chi connectivity index (χ2n) is 5.27. The largest absolute Gasteiger partial charge is 0.455 e. The number of pyridine rings is 1. The minimum Gasteiger partial charge on any atom is -0.455 e. The highest BCUT2D eigenvalue weighted by molar-refractivity contribution is 5.93. The molecule has 0 aliphatic heterocycles. The average molecular weight is 263 g/mol. The number of ether oxygens (including phenoxy) is 1. The number of nitrogens with zero attached hydrogens (tertiary/aromatic N) is 2. The van der Waals surface area contributed by atoms with Crippen LogP contribution >= 0.6 is 0 Å². The van der Waals surface area contributed by atoms with E-state index in [1.54, 1.807) is 43.5 Å². The van der Waals surface area contributed by atoms with Gasteiger partial charge in [0.15, 0.2) is 5.69 Å². The molecule has 2 aromatic heterocycles. The van der Waals surface area contributed by atoms with Crippen molar-refractivity contribution in [2.75, 3.05) is 5.73 Å². The second kappa shape index (κ2) is 4.55. The van der Waals surface area contributed by atoms with Crippen molar-refractivity contribution in [2.45, 2.75) is 33.0 Å². The Hall–Kier alpha value is -2.08. The van der Waals surface area contributed by atoms with E-state index in [0.29, 0.717) is 11.2 Å². The molecule has 0 aliphatic rings. The maximum absolute atomic E-state index is 12.0. The second-order valence-corrected chi connectivity index (χ2v) is 5.27. The van der Waals surface area contributed by atoms with Crippen LogP contribution in [0.2, 0.25) is 0 Å². The summed E-state index contributed by atoms with van der Waals surface area (Å²) in [6, 6.07) is 3.41. The van der Waals surface area contributed by atoms with Crippen LogP contribution in [0.4, 0.5) is 5.82 Å². The van der Waals surface area contributed by atoms with Crippen molar-refractivity contribution >= 4 is 17.4 Å². The van der Waals surface area contributed by atoms with Crippen LogP contribution in [-0.2, 0) is 11.3 Å². The SMILES string of the molecule is CC(C)(C)OC(=O)c1nc2ccc(CO)cn2c1N. The van der Waals surface area contributed by atoms with E-state index in [1.165, 1.54) is 0 Å². The monoisotopic (exact) mass is 263 g/mol. The van der Waals surface area contributed by atoms with Gasteiger partial charge in [-0.1, -0.05) is 6.07 Å². The Labute approximate surface area is 110 Å². The van der Waals surface area contributed by atoms with E-state index < -0.39 is 11.6 Å². The molecule has 0 saturated heterocycles. The van der Waals surface area contributed by atoms with Gasteiger partial charge in [-0.25, -0.2) is 9.78 Å². The standard InChI is InChI=1S/C13H17N3O3/c1-13(2,3)19-12(18)10-11(14)16-6-8(7-17)4-5-9(16)15-10/h4-6,17H,7,14H2,1-3H3.